The van der Waals surface area contributed by atoms with Gasteiger partial charge in [0, 0.05) is 6.54 Å². The predicted octanol–water partition coefficient (Wildman–Crippen LogP) is 0.0540. The summed E-state index contributed by atoms with van der Waals surface area (Å²) in [6, 6.07) is -0.272. The van der Waals surface area contributed by atoms with E-state index in [0.29, 0.717) is 39.4 Å². The molecule has 1 amide bonds. The lowest BCUT2D eigenvalue weighted by molar-refractivity contribution is 0.0768. The average Bonchev–Trinajstić information content (AvgIpc) is 2.78. The number of carbonyl (C=O) groups excluding carboxylic acids is 1. The molecular weight excluding hydrogens is 304 g/mol. The van der Waals surface area contributed by atoms with Crippen LogP contribution in [0.2, 0.25) is 0 Å². The molecule has 1 aliphatic heterocycles. The van der Waals surface area contributed by atoms with Gasteiger partial charge in [-0.15, -0.1) is 11.3 Å². The van der Waals surface area contributed by atoms with Crippen LogP contribution < -0.4 is 16.2 Å². The Labute approximate surface area is 130 Å². The van der Waals surface area contributed by atoms with Crippen molar-refractivity contribution in [2.75, 3.05) is 13.1 Å². The number of carbonyl (C=O) groups is 1. The summed E-state index contributed by atoms with van der Waals surface area (Å²) in [4.78, 5) is 32.5. The van der Waals surface area contributed by atoms with E-state index in [2.05, 4.69) is 20.6 Å². The Morgan fingerprint density at radius 1 is 1.45 bits per heavy atom. The molecule has 8 heteroatoms. The van der Waals surface area contributed by atoms with Crippen molar-refractivity contribution in [1.29, 1.82) is 0 Å². The number of aromatic amines is 1. The zero-order valence-electron chi connectivity index (χ0n) is 12.4. The van der Waals surface area contributed by atoms with E-state index in [9.17, 15) is 14.7 Å². The molecule has 0 aromatic carbocycles. The van der Waals surface area contributed by atoms with E-state index < -0.39 is 6.10 Å². The number of amides is 1. The minimum Gasteiger partial charge on any atom is -0.390 e. The molecule has 7 nitrogen and oxygen atoms in total. The van der Waals surface area contributed by atoms with Crippen LogP contribution >= 0.6 is 11.3 Å². The minimum atomic E-state index is -0.601. The summed E-state index contributed by atoms with van der Waals surface area (Å²) in [5.41, 5.74) is 0.409. The fourth-order valence-electron chi connectivity index (χ4n) is 2.71. The third-order valence-electron chi connectivity index (χ3n) is 3.89. The van der Waals surface area contributed by atoms with Gasteiger partial charge in [0.15, 0.2) is 0 Å². The van der Waals surface area contributed by atoms with Gasteiger partial charge in [-0.05, 0) is 32.4 Å². The molecule has 4 N–H and O–H groups in total. The summed E-state index contributed by atoms with van der Waals surface area (Å²) < 4.78 is 0. The highest BCUT2D eigenvalue weighted by Crippen LogP contribution is 2.27. The molecule has 3 heterocycles. The maximum atomic E-state index is 12.5. The smallest absolute Gasteiger partial charge is 0.262 e. The molecule has 0 unspecified atom stereocenters. The van der Waals surface area contributed by atoms with E-state index >= 15 is 0 Å². The molecule has 0 spiro atoms. The first-order valence-corrected chi connectivity index (χ1v) is 7.98. The molecule has 0 saturated carbocycles. The van der Waals surface area contributed by atoms with Gasteiger partial charge in [0.2, 0.25) is 0 Å². The molecule has 1 aliphatic rings. The molecule has 1 saturated heterocycles. The number of aliphatic hydroxyl groups excluding tert-OH is 1. The predicted molar refractivity (Wildman–Crippen MR) is 84.5 cm³/mol. The molecule has 2 aromatic heterocycles. The van der Waals surface area contributed by atoms with Crippen LogP contribution in [0, 0.1) is 13.8 Å². The van der Waals surface area contributed by atoms with Crippen molar-refractivity contribution in [1.82, 2.24) is 20.6 Å². The number of aliphatic hydroxyl groups is 1. The van der Waals surface area contributed by atoms with Crippen LogP contribution in [0.1, 0.15) is 27.5 Å². The second-order valence-corrected chi connectivity index (χ2v) is 6.53. The number of hydrogen-bond donors (Lipinski definition) is 4. The lowest BCUT2D eigenvalue weighted by Gasteiger charge is -2.28. The number of hydrogen-bond acceptors (Lipinski definition) is 6. The van der Waals surface area contributed by atoms with Gasteiger partial charge < -0.3 is 20.7 Å². The van der Waals surface area contributed by atoms with Gasteiger partial charge in [-0.25, -0.2) is 4.98 Å². The van der Waals surface area contributed by atoms with Crippen molar-refractivity contribution in [2.45, 2.75) is 32.4 Å². The highest BCUT2D eigenvalue weighted by molar-refractivity contribution is 7.20. The molecule has 0 aliphatic carbocycles. The number of fused-ring (bicyclic) bond motifs is 1. The first-order valence-electron chi connectivity index (χ1n) is 7.17. The van der Waals surface area contributed by atoms with E-state index in [-0.39, 0.29) is 17.5 Å². The Bertz CT molecular complexity index is 782. The highest BCUT2D eigenvalue weighted by atomic mass is 32.1. The third-order valence-corrected chi connectivity index (χ3v) is 5.08. The Kier molecular flexibility index (Phi) is 3.98. The Hall–Kier alpha value is -1.77. The van der Waals surface area contributed by atoms with Gasteiger partial charge in [0.25, 0.3) is 11.5 Å². The van der Waals surface area contributed by atoms with E-state index in [1.807, 2.05) is 0 Å². The topological polar surface area (TPSA) is 107 Å². The van der Waals surface area contributed by atoms with Crippen LogP contribution in [0.25, 0.3) is 10.2 Å². The third kappa shape index (κ3) is 2.65. The molecule has 0 bridgehead atoms. The number of nitrogens with one attached hydrogen (secondary N) is 3. The van der Waals surface area contributed by atoms with Crippen LogP contribution in [0.5, 0.6) is 0 Å². The van der Waals surface area contributed by atoms with E-state index in [4.69, 9.17) is 0 Å². The number of β-amino-alcohol motifs (C(OH)–C–C–N with tert-alkyl or cyclic N) is 1. The van der Waals surface area contributed by atoms with Gasteiger partial charge in [0.1, 0.15) is 10.7 Å². The van der Waals surface area contributed by atoms with Gasteiger partial charge in [-0.1, -0.05) is 0 Å². The van der Waals surface area contributed by atoms with Crippen molar-refractivity contribution in [3.05, 3.63) is 26.6 Å². The van der Waals surface area contributed by atoms with Crippen molar-refractivity contribution >= 4 is 27.5 Å². The number of aryl methyl sites for hydroxylation is 2. The molecule has 0 radical (unpaired) electrons. The molecule has 3 rings (SSSR count). The summed E-state index contributed by atoms with van der Waals surface area (Å²) in [7, 11) is 0. The first-order chi connectivity index (χ1) is 10.5. The SMILES string of the molecule is Cc1nc2sc(C(=O)N[C@@H]3CCNC[C@H]3O)c(C)c2c(=O)[nH]1. The zero-order chi connectivity index (χ0) is 15.9. The van der Waals surface area contributed by atoms with Gasteiger partial charge in [-0.3, -0.25) is 9.59 Å². The van der Waals surface area contributed by atoms with E-state index in [0.717, 1.165) is 6.54 Å². The summed E-state index contributed by atoms with van der Waals surface area (Å²) in [5, 5.41) is 16.3. The summed E-state index contributed by atoms with van der Waals surface area (Å²) >= 11 is 1.21. The number of aromatic nitrogens is 2. The average molecular weight is 322 g/mol. The Morgan fingerprint density at radius 2 is 2.23 bits per heavy atom. The number of rotatable bonds is 2. The van der Waals surface area contributed by atoms with Crippen LogP contribution in [0.3, 0.4) is 0 Å². The van der Waals surface area contributed by atoms with Crippen molar-refractivity contribution in [2.24, 2.45) is 0 Å². The Balaban J connectivity index is 1.92. The van der Waals surface area contributed by atoms with Gasteiger partial charge in [0.05, 0.1) is 22.4 Å². The van der Waals surface area contributed by atoms with Crippen LogP contribution in [-0.2, 0) is 0 Å². The molecule has 22 heavy (non-hydrogen) atoms. The number of thiophene rings is 1. The van der Waals surface area contributed by atoms with Crippen molar-refractivity contribution in [3.63, 3.8) is 0 Å². The maximum Gasteiger partial charge on any atom is 0.262 e. The summed E-state index contributed by atoms with van der Waals surface area (Å²) in [6.45, 7) is 4.68. The molecule has 2 aromatic rings. The quantitative estimate of drug-likeness (QED) is 0.625. The number of H-pyrrole nitrogens is 1. The van der Waals surface area contributed by atoms with Gasteiger partial charge >= 0.3 is 0 Å². The normalized spacial score (nSPS) is 22.0. The monoisotopic (exact) mass is 322 g/mol. The minimum absolute atomic E-state index is 0.225. The summed E-state index contributed by atoms with van der Waals surface area (Å²) in [6.07, 6.45) is 0.0746. The van der Waals surface area contributed by atoms with Crippen LogP contribution in [-0.4, -0.2) is 46.2 Å². The molecule has 2 atom stereocenters. The second-order valence-electron chi connectivity index (χ2n) is 5.53. The van der Waals surface area contributed by atoms with Gasteiger partial charge in [-0.2, -0.15) is 0 Å². The maximum absolute atomic E-state index is 12.5. The summed E-state index contributed by atoms with van der Waals surface area (Å²) in [5.74, 6) is 0.267. The number of piperidine rings is 1. The number of nitrogens with zero attached hydrogens (tertiary/aromatic N) is 1. The first kappa shape index (κ1) is 15.1. The van der Waals surface area contributed by atoms with Crippen molar-refractivity contribution in [3.8, 4) is 0 Å². The van der Waals surface area contributed by atoms with E-state index in [1.165, 1.54) is 11.3 Å². The fourth-order valence-corrected chi connectivity index (χ4v) is 3.84. The standard InChI is InChI=1S/C14H18N4O3S/c1-6-10-12(20)16-7(2)17-14(10)22-11(6)13(21)18-8-3-4-15-5-9(8)19/h8-9,15,19H,3-5H2,1-2H3,(H,18,21)(H,16,17,20)/t8-,9-/m1/s1. The van der Waals surface area contributed by atoms with Crippen LogP contribution in [0.4, 0.5) is 0 Å². The lowest BCUT2D eigenvalue weighted by atomic mass is 10.0. The second kappa shape index (κ2) is 5.79. The van der Waals surface area contributed by atoms with Crippen LogP contribution in [0.15, 0.2) is 4.79 Å². The molecular formula is C14H18N4O3S. The highest BCUT2D eigenvalue weighted by Gasteiger charge is 2.26. The molecule has 118 valence electrons. The van der Waals surface area contributed by atoms with Crippen molar-refractivity contribution < 1.29 is 9.90 Å². The zero-order valence-corrected chi connectivity index (χ0v) is 13.2. The van der Waals surface area contributed by atoms with E-state index in [1.54, 1.807) is 13.8 Å². The Morgan fingerprint density at radius 3 is 2.95 bits per heavy atom. The lowest BCUT2D eigenvalue weighted by Crippen LogP contribution is -2.52. The largest absolute Gasteiger partial charge is 0.390 e. The molecule has 1 fully saturated rings. The fraction of sp³-hybridized carbons (Fsp3) is 0.500.